The summed E-state index contributed by atoms with van der Waals surface area (Å²) in [4.78, 5) is 0. The first-order valence-corrected chi connectivity index (χ1v) is 1.10. The molecule has 0 spiro atoms. The van der Waals surface area contributed by atoms with Crippen LogP contribution in [0.4, 0.5) is 0 Å². The second kappa shape index (κ2) is 3.43. The van der Waals surface area contributed by atoms with Crippen molar-refractivity contribution in [3.8, 4) is 0 Å². The maximum Gasteiger partial charge on any atom is 0.190 e. The molecule has 5 heavy (non-hydrogen) atoms. The maximum absolute atomic E-state index is 7.80. The topological polar surface area (TPSA) is 53.3 Å². The van der Waals surface area contributed by atoms with E-state index in [1.54, 1.807) is 0 Å². The van der Waals surface area contributed by atoms with E-state index in [-0.39, 0.29) is 0 Å². The Balaban J connectivity index is 2.66. The molecule has 0 aromatic heterocycles. The van der Waals surface area contributed by atoms with Crippen LogP contribution in [0.3, 0.4) is 0 Å². The van der Waals surface area contributed by atoms with Crippen molar-refractivity contribution >= 4 is 6.40 Å². The lowest BCUT2D eigenvalue weighted by Gasteiger charge is -1.82. The molecule has 3 nitrogen and oxygen atoms in total. The van der Waals surface area contributed by atoms with Crippen molar-refractivity contribution < 1.29 is 11.3 Å². The summed E-state index contributed by atoms with van der Waals surface area (Å²) in [6, 6.07) is 0. The summed E-state index contributed by atoms with van der Waals surface area (Å²) in [7, 11) is 0. The van der Waals surface area contributed by atoms with E-state index in [0.717, 1.165) is 6.40 Å². The van der Waals surface area contributed by atoms with Gasteiger partial charge in [-0.3, -0.25) is 5.40 Å². The van der Waals surface area contributed by atoms with E-state index in [9.17, 15) is 0 Å². The van der Waals surface area contributed by atoms with Crippen molar-refractivity contribution in [2.24, 2.45) is 0 Å². The quantitative estimate of drug-likeness (QED) is 0.266. The Morgan fingerprint density at radius 2 is 3.20 bits per heavy atom. The lowest BCUT2D eigenvalue weighted by atomic mass is 11.4. The fourth-order valence-corrected chi connectivity index (χ4v) is 0.0333. The largest absolute Gasteiger partial charge is 0.458 e. The molecule has 0 saturated carbocycles. The van der Waals surface area contributed by atoms with Gasteiger partial charge in [0.15, 0.2) is 14.6 Å². The fourth-order valence-electron chi connectivity index (χ4n) is 0.0333. The zero-order valence-corrected chi connectivity index (χ0v) is 2.59. The molecule has 0 saturated heterocycles. The molecule has 0 atom stereocenters. The van der Waals surface area contributed by atoms with Crippen LogP contribution in [0.5, 0.6) is 0 Å². The molecule has 30 valence electrons. The number of nitrogens with one attached hydrogen (secondary N) is 1. The molecule has 0 aliphatic heterocycles. The highest BCUT2D eigenvalue weighted by Crippen LogP contribution is 1.50. The molecule has 0 radical (unpaired) electrons. The molecule has 0 amide bonds. The van der Waals surface area contributed by atoms with Gasteiger partial charge in [0.25, 0.3) is 0 Å². The maximum atomic E-state index is 7.80. The van der Waals surface area contributed by atoms with Gasteiger partial charge in [-0.05, 0) is 0 Å². The van der Waals surface area contributed by atoms with E-state index in [4.69, 9.17) is 6.52 Å². The first-order chi connectivity index (χ1) is 2.91. The molecule has 0 fully saturated rings. The molecule has 0 rings (SSSR count). The molecule has 3 heteroatoms. The highest BCUT2D eigenvalue weighted by atomic mass is 16.6. The van der Waals surface area contributed by atoms with Gasteiger partial charge in [0.05, 0.1) is 0 Å². The van der Waals surface area contributed by atoms with E-state index < -0.39 is 6.79 Å². The van der Waals surface area contributed by atoms with Gasteiger partial charge in [0, 0.05) is 0 Å². The second-order valence-corrected chi connectivity index (χ2v) is 0.401. The number of aliphatic hydroxyl groups excluding tert-OH is 1. The molecule has 0 bridgehead atoms. The van der Waals surface area contributed by atoms with E-state index in [0.29, 0.717) is 0 Å². The van der Waals surface area contributed by atoms with Crippen LogP contribution in [0.25, 0.3) is 0 Å². The Kier molecular flexibility index (Phi) is 1.82. The van der Waals surface area contributed by atoms with Crippen molar-refractivity contribution in [3.05, 3.63) is 0 Å². The Morgan fingerprint density at radius 3 is 3.40 bits per heavy atom. The summed E-state index contributed by atoms with van der Waals surface area (Å²) < 4.78 is 10.1. The fraction of sp³-hybridized carbons (Fsp3) is 0.500. The summed E-state index contributed by atoms with van der Waals surface area (Å²) >= 11 is 0. The minimum absolute atomic E-state index is 0.414. The summed E-state index contributed by atoms with van der Waals surface area (Å²) in [5, 5.41) is 10.5. The van der Waals surface area contributed by atoms with Gasteiger partial charge in [0.1, 0.15) is 0 Å². The van der Waals surface area contributed by atoms with Crippen LogP contribution < -0.4 is 0 Å². The van der Waals surface area contributed by atoms with Crippen LogP contribution in [-0.2, 0) is 4.74 Å². The average Bonchev–Trinajstić information content (AvgIpc) is 1.61. The van der Waals surface area contributed by atoms with Crippen LogP contribution in [0, 0.1) is 5.40 Å². The smallest absolute Gasteiger partial charge is 0.190 e. The summed E-state index contributed by atoms with van der Waals surface area (Å²) in [5.41, 5.74) is 0. The monoisotopic (exact) mass is 77.0 g/mol. The molecule has 0 aromatic rings. The number of hydrogen-bond donors (Lipinski definition) is 2. The Morgan fingerprint density at radius 1 is 2.40 bits per heavy atom. The standard InChI is InChI=1S/C2H5NO2/c3-1-5-2-4/h1,3-4H,2H2/i/hT. The first-order valence-electron chi connectivity index (χ1n) is 1.55. The molecule has 0 unspecified atom stereocenters. The van der Waals surface area contributed by atoms with E-state index in [1.807, 2.05) is 0 Å². The molecule has 0 aliphatic rings. The SMILES string of the molecule is [3H]N=COCO. The number of ether oxygens (including phenoxy) is 1. The van der Waals surface area contributed by atoms with Gasteiger partial charge in [-0.15, -0.1) is 0 Å². The van der Waals surface area contributed by atoms with Crippen molar-refractivity contribution in [3.63, 3.8) is 0 Å². The lowest BCUT2D eigenvalue weighted by Crippen LogP contribution is -1.84. The molecule has 0 heterocycles. The van der Waals surface area contributed by atoms with Gasteiger partial charge in [-0.25, -0.2) is 0 Å². The zero-order valence-electron chi connectivity index (χ0n) is 3.59. The Hall–Kier alpha value is -0.570. The van der Waals surface area contributed by atoms with Crippen LogP contribution in [-0.4, -0.2) is 18.3 Å². The van der Waals surface area contributed by atoms with Gasteiger partial charge >= 0.3 is 0 Å². The van der Waals surface area contributed by atoms with Gasteiger partial charge in [-0.1, -0.05) is 0 Å². The van der Waals surface area contributed by atoms with Crippen LogP contribution in [0.2, 0.25) is 1.41 Å². The van der Waals surface area contributed by atoms with E-state index in [2.05, 4.69) is 10.1 Å². The second-order valence-electron chi connectivity index (χ2n) is 0.401. The highest BCUT2D eigenvalue weighted by Gasteiger charge is 1.58. The Labute approximate surface area is 31.2 Å². The van der Waals surface area contributed by atoms with Crippen LogP contribution in [0.1, 0.15) is 0 Å². The van der Waals surface area contributed by atoms with E-state index >= 15 is 0 Å². The predicted molar refractivity (Wildman–Crippen MR) is 17.0 cm³/mol. The van der Waals surface area contributed by atoms with E-state index in [1.165, 1.54) is 0 Å². The van der Waals surface area contributed by atoms with Gasteiger partial charge in [-0.2, -0.15) is 0 Å². The third kappa shape index (κ3) is 3.43. The lowest BCUT2D eigenvalue weighted by molar-refractivity contribution is 0.0942. The molecular weight excluding hydrogens is 70.0 g/mol. The number of hydrogen-bond acceptors (Lipinski definition) is 3. The van der Waals surface area contributed by atoms with Crippen LogP contribution in [0.15, 0.2) is 0 Å². The minimum atomic E-state index is -0.414. The van der Waals surface area contributed by atoms with Gasteiger partial charge in [0.2, 0.25) is 0 Å². The molecule has 2 N–H and O–H groups in total. The normalized spacial score (nSPS) is 11.8. The third-order valence-electron chi connectivity index (χ3n) is 0.149. The number of aliphatic hydroxyl groups is 1. The van der Waals surface area contributed by atoms with Crippen molar-refractivity contribution in [2.75, 3.05) is 6.79 Å². The van der Waals surface area contributed by atoms with Crippen molar-refractivity contribution in [1.82, 2.24) is 0 Å². The predicted octanol–water partition coefficient (Wildman–Crippen LogP) is -0.440. The molecular formula is C2H5NO2. The summed E-state index contributed by atoms with van der Waals surface area (Å²) in [5.74, 6) is 0. The highest BCUT2D eigenvalue weighted by molar-refractivity contribution is 5.40. The summed E-state index contributed by atoms with van der Waals surface area (Å²) in [6.07, 6.45) is 0.847. The summed E-state index contributed by atoms with van der Waals surface area (Å²) in [6.45, 7) is -0.414. The third-order valence-corrected chi connectivity index (χ3v) is 0.149. The number of rotatable bonds is 2. The van der Waals surface area contributed by atoms with Gasteiger partial charge < -0.3 is 9.84 Å². The molecule has 0 aromatic carbocycles. The van der Waals surface area contributed by atoms with Crippen molar-refractivity contribution in [2.45, 2.75) is 0 Å². The Bertz CT molecular complexity index is 46.8. The molecule has 0 aliphatic carbocycles. The van der Waals surface area contributed by atoms with Crippen molar-refractivity contribution in [1.29, 1.82) is 5.40 Å². The average molecular weight is 77.1 g/mol. The first kappa shape index (κ1) is 2.66. The minimum Gasteiger partial charge on any atom is -0.458 e. The zero-order chi connectivity index (χ0) is 4.83. The van der Waals surface area contributed by atoms with Crippen LogP contribution >= 0.6 is 0 Å².